The predicted octanol–water partition coefficient (Wildman–Crippen LogP) is 4.60. The third-order valence-electron chi connectivity index (χ3n) is 3.73. The Kier molecular flexibility index (Phi) is 6.92. The number of carbonyl (C=O) groups is 2. The molecule has 0 saturated heterocycles. The number of rotatable bonds is 6. The van der Waals surface area contributed by atoms with Gasteiger partial charge in [-0.05, 0) is 54.8 Å². The number of carbonyl (C=O) groups excluding carboxylic acids is 2. The zero-order chi connectivity index (χ0) is 19.1. The van der Waals surface area contributed by atoms with Gasteiger partial charge in [0.15, 0.2) is 0 Å². The first kappa shape index (κ1) is 19.7. The molecule has 5 nitrogen and oxygen atoms in total. The van der Waals surface area contributed by atoms with E-state index >= 15 is 0 Å². The lowest BCUT2D eigenvalue weighted by atomic mass is 10.0. The van der Waals surface area contributed by atoms with Crippen molar-refractivity contribution < 1.29 is 9.59 Å². The number of hydrazone groups is 1. The Morgan fingerprint density at radius 1 is 1.04 bits per heavy atom. The average molecular weight is 372 g/mol. The Morgan fingerprint density at radius 3 is 2.23 bits per heavy atom. The maximum atomic E-state index is 12.1. The molecule has 2 amide bonds. The molecule has 0 aliphatic rings. The summed E-state index contributed by atoms with van der Waals surface area (Å²) in [6.07, 6.45) is 0.0901. The molecule has 26 heavy (non-hydrogen) atoms. The maximum Gasteiger partial charge on any atom is 0.271 e. The van der Waals surface area contributed by atoms with Crippen LogP contribution < -0.4 is 10.7 Å². The highest BCUT2D eigenvalue weighted by atomic mass is 35.5. The molecule has 0 fully saturated rings. The van der Waals surface area contributed by atoms with Gasteiger partial charge < -0.3 is 5.32 Å². The van der Waals surface area contributed by atoms with E-state index in [9.17, 15) is 9.59 Å². The van der Waals surface area contributed by atoms with E-state index < -0.39 is 0 Å². The first-order valence-electron chi connectivity index (χ1n) is 8.34. The summed E-state index contributed by atoms with van der Waals surface area (Å²) in [6.45, 7) is 5.92. The minimum Gasteiger partial charge on any atom is -0.326 e. The molecule has 6 heteroatoms. The lowest BCUT2D eigenvalue weighted by molar-refractivity contribution is -0.115. The van der Waals surface area contributed by atoms with Gasteiger partial charge in [-0.2, -0.15) is 5.10 Å². The molecule has 0 aliphatic heterocycles. The molecule has 0 aliphatic carbocycles. The molecule has 0 saturated carbocycles. The third kappa shape index (κ3) is 6.01. The van der Waals surface area contributed by atoms with Crippen molar-refractivity contribution in [3.63, 3.8) is 0 Å². The van der Waals surface area contributed by atoms with E-state index in [-0.39, 0.29) is 18.2 Å². The summed E-state index contributed by atoms with van der Waals surface area (Å²) in [7, 11) is 0. The molecule has 2 aromatic rings. The van der Waals surface area contributed by atoms with Gasteiger partial charge in [0.2, 0.25) is 5.91 Å². The topological polar surface area (TPSA) is 70.6 Å². The Balaban J connectivity index is 1.86. The molecule has 2 rings (SSSR count). The van der Waals surface area contributed by atoms with Crippen LogP contribution in [0.25, 0.3) is 0 Å². The van der Waals surface area contributed by atoms with Crippen molar-refractivity contribution >= 4 is 34.8 Å². The van der Waals surface area contributed by atoms with E-state index in [1.165, 1.54) is 5.56 Å². The molecule has 0 radical (unpaired) electrons. The number of anilines is 1. The highest BCUT2D eigenvalue weighted by Gasteiger charge is 2.07. The number of nitrogens with one attached hydrogen (secondary N) is 2. The van der Waals surface area contributed by atoms with Gasteiger partial charge in [-0.1, -0.05) is 37.6 Å². The number of nitrogens with zero attached hydrogens (tertiary/aromatic N) is 1. The second kappa shape index (κ2) is 9.15. The van der Waals surface area contributed by atoms with Gasteiger partial charge in [-0.25, -0.2) is 5.43 Å². The van der Waals surface area contributed by atoms with E-state index in [1.807, 2.05) is 24.3 Å². The van der Waals surface area contributed by atoms with Crippen molar-refractivity contribution in [2.24, 2.45) is 5.10 Å². The summed E-state index contributed by atoms with van der Waals surface area (Å²) >= 11 is 5.79. The Bertz CT molecular complexity index is 797. The lowest BCUT2D eigenvalue weighted by Gasteiger charge is -2.08. The number of hydrogen-bond acceptors (Lipinski definition) is 3. The lowest BCUT2D eigenvalue weighted by Crippen LogP contribution is -2.21. The molecule has 0 unspecified atom stereocenters. The molecular formula is C20H22ClN3O2. The minimum absolute atomic E-state index is 0.0901. The summed E-state index contributed by atoms with van der Waals surface area (Å²) in [5.41, 5.74) is 5.33. The van der Waals surface area contributed by atoms with Gasteiger partial charge in [-0.15, -0.1) is 0 Å². The van der Waals surface area contributed by atoms with Gasteiger partial charge in [0.25, 0.3) is 5.91 Å². The molecule has 0 atom stereocenters. The largest absolute Gasteiger partial charge is 0.326 e. The number of benzene rings is 2. The number of halogens is 1. The normalized spacial score (nSPS) is 11.3. The Hall–Kier alpha value is -2.66. The van der Waals surface area contributed by atoms with Crippen molar-refractivity contribution in [1.82, 2.24) is 5.43 Å². The maximum absolute atomic E-state index is 12.1. The van der Waals surface area contributed by atoms with Crippen LogP contribution >= 0.6 is 11.6 Å². The monoisotopic (exact) mass is 371 g/mol. The first-order valence-corrected chi connectivity index (χ1v) is 8.72. The van der Waals surface area contributed by atoms with Crippen LogP contribution in [0.5, 0.6) is 0 Å². The Labute approximate surface area is 158 Å². The number of hydrogen-bond donors (Lipinski definition) is 2. The van der Waals surface area contributed by atoms with Gasteiger partial charge in [-0.3, -0.25) is 9.59 Å². The first-order chi connectivity index (χ1) is 12.3. The molecule has 2 N–H and O–H groups in total. The molecule has 0 spiro atoms. The standard InChI is InChI=1S/C20H22ClN3O2/c1-13(2)15-6-10-18(11-7-15)22-19(25)12-14(3)23-24-20(26)16-4-8-17(21)9-5-16/h4-11,13H,12H2,1-3H3,(H,22,25)(H,24,26)/b23-14+. The van der Waals surface area contributed by atoms with Crippen molar-refractivity contribution in [3.8, 4) is 0 Å². The van der Waals surface area contributed by atoms with Gasteiger partial charge in [0.1, 0.15) is 0 Å². The smallest absolute Gasteiger partial charge is 0.271 e. The quantitative estimate of drug-likeness (QED) is 0.575. The summed E-state index contributed by atoms with van der Waals surface area (Å²) in [5.74, 6) is -0.103. The molecule has 2 aromatic carbocycles. The van der Waals surface area contributed by atoms with E-state index in [1.54, 1.807) is 31.2 Å². The van der Waals surface area contributed by atoms with Crippen LogP contribution in [0.3, 0.4) is 0 Å². The van der Waals surface area contributed by atoms with Gasteiger partial charge in [0, 0.05) is 22.0 Å². The SMILES string of the molecule is C/C(CC(=O)Nc1ccc(C(C)C)cc1)=N\NC(=O)c1ccc(Cl)cc1. The molecule has 136 valence electrons. The van der Waals surface area contributed by atoms with Crippen molar-refractivity contribution in [1.29, 1.82) is 0 Å². The van der Waals surface area contributed by atoms with E-state index in [2.05, 4.69) is 29.7 Å². The molecule has 0 bridgehead atoms. The van der Waals surface area contributed by atoms with E-state index in [0.717, 1.165) is 5.69 Å². The van der Waals surface area contributed by atoms with Crippen molar-refractivity contribution in [2.45, 2.75) is 33.1 Å². The highest BCUT2D eigenvalue weighted by molar-refractivity contribution is 6.30. The zero-order valence-electron chi connectivity index (χ0n) is 15.0. The van der Waals surface area contributed by atoms with Crippen LogP contribution in [0, 0.1) is 0 Å². The fraction of sp³-hybridized carbons (Fsp3) is 0.250. The van der Waals surface area contributed by atoms with Crippen molar-refractivity contribution in [3.05, 3.63) is 64.7 Å². The molecule has 0 heterocycles. The summed E-state index contributed by atoms with van der Waals surface area (Å²) in [4.78, 5) is 24.0. The third-order valence-corrected chi connectivity index (χ3v) is 3.98. The van der Waals surface area contributed by atoms with Crippen LogP contribution in [-0.2, 0) is 4.79 Å². The van der Waals surface area contributed by atoms with Crippen molar-refractivity contribution in [2.75, 3.05) is 5.32 Å². The van der Waals surface area contributed by atoms with Crippen LogP contribution in [-0.4, -0.2) is 17.5 Å². The van der Waals surface area contributed by atoms with E-state index in [0.29, 0.717) is 22.2 Å². The fourth-order valence-electron chi connectivity index (χ4n) is 2.24. The molecule has 0 aromatic heterocycles. The van der Waals surface area contributed by atoms with E-state index in [4.69, 9.17) is 11.6 Å². The van der Waals surface area contributed by atoms with Gasteiger partial charge in [0.05, 0.1) is 6.42 Å². The second-order valence-electron chi connectivity index (χ2n) is 6.30. The average Bonchev–Trinajstić information content (AvgIpc) is 2.60. The molecular weight excluding hydrogens is 350 g/mol. The van der Waals surface area contributed by atoms with Crippen LogP contribution in [0.15, 0.2) is 53.6 Å². The van der Waals surface area contributed by atoms with Crippen LogP contribution in [0.4, 0.5) is 5.69 Å². The fourth-order valence-corrected chi connectivity index (χ4v) is 2.37. The predicted molar refractivity (Wildman–Crippen MR) is 106 cm³/mol. The summed E-state index contributed by atoms with van der Waals surface area (Å²) in [5, 5.41) is 7.34. The minimum atomic E-state index is -0.356. The highest BCUT2D eigenvalue weighted by Crippen LogP contribution is 2.17. The second-order valence-corrected chi connectivity index (χ2v) is 6.73. The zero-order valence-corrected chi connectivity index (χ0v) is 15.8. The Morgan fingerprint density at radius 2 is 1.65 bits per heavy atom. The summed E-state index contributed by atoms with van der Waals surface area (Å²) in [6, 6.07) is 14.2. The summed E-state index contributed by atoms with van der Waals surface area (Å²) < 4.78 is 0. The van der Waals surface area contributed by atoms with Crippen LogP contribution in [0.2, 0.25) is 5.02 Å². The van der Waals surface area contributed by atoms with Crippen LogP contribution in [0.1, 0.15) is 49.0 Å². The van der Waals surface area contributed by atoms with Gasteiger partial charge >= 0.3 is 0 Å². The number of amides is 2.